The quantitative estimate of drug-likeness (QED) is 0.304. The van der Waals surface area contributed by atoms with Gasteiger partial charge >= 0.3 is 0 Å². The van der Waals surface area contributed by atoms with Crippen LogP contribution in [0.25, 0.3) is 0 Å². The standard InChI is InChI=1S/C16H24N6O2/c1-22-8-5-16(4-7-17,6-9-22)20-10-12(14(19)23)13(18)21-15(24)11-2-3-11/h10-11,20H,2-6,8-9H2,1H3,(H2,19,23)(H2,18,21,24)/b12-10+. The van der Waals surface area contributed by atoms with Crippen molar-refractivity contribution >= 4 is 17.6 Å². The molecule has 0 spiro atoms. The van der Waals surface area contributed by atoms with Gasteiger partial charge < -0.3 is 21.3 Å². The molecule has 2 fully saturated rings. The van der Waals surface area contributed by atoms with Crippen molar-refractivity contribution in [3.63, 3.8) is 0 Å². The molecule has 1 saturated heterocycles. The second kappa shape index (κ2) is 7.45. The van der Waals surface area contributed by atoms with E-state index in [1.165, 1.54) is 6.20 Å². The van der Waals surface area contributed by atoms with Crippen molar-refractivity contribution in [2.45, 2.75) is 37.6 Å². The number of rotatable bonds is 6. The normalized spacial score (nSPS) is 20.8. The summed E-state index contributed by atoms with van der Waals surface area (Å²) >= 11 is 0. The number of likely N-dealkylation sites (tertiary alicyclic amines) is 1. The minimum atomic E-state index is -0.788. The van der Waals surface area contributed by atoms with Crippen LogP contribution >= 0.6 is 0 Å². The van der Waals surface area contributed by atoms with Crippen LogP contribution in [0.5, 0.6) is 0 Å². The van der Waals surface area contributed by atoms with Crippen molar-refractivity contribution in [2.24, 2.45) is 11.7 Å². The second-order valence-corrected chi connectivity index (χ2v) is 6.62. The lowest BCUT2D eigenvalue weighted by atomic mass is 9.85. The molecular weight excluding hydrogens is 308 g/mol. The highest BCUT2D eigenvalue weighted by molar-refractivity contribution is 6.22. The molecule has 0 bridgehead atoms. The van der Waals surface area contributed by atoms with Crippen LogP contribution in [0.4, 0.5) is 0 Å². The van der Waals surface area contributed by atoms with E-state index in [9.17, 15) is 9.59 Å². The first-order chi connectivity index (χ1) is 11.4. The molecule has 5 N–H and O–H groups in total. The molecule has 0 aromatic rings. The van der Waals surface area contributed by atoms with Crippen LogP contribution < -0.4 is 16.4 Å². The fourth-order valence-electron chi connectivity index (χ4n) is 2.70. The largest absolute Gasteiger partial charge is 0.384 e. The summed E-state index contributed by atoms with van der Waals surface area (Å²) in [4.78, 5) is 25.6. The van der Waals surface area contributed by atoms with E-state index in [0.717, 1.165) is 38.8 Å². The minimum Gasteiger partial charge on any atom is -0.384 e. The lowest BCUT2D eigenvalue weighted by molar-refractivity contribution is -0.120. The van der Waals surface area contributed by atoms with E-state index in [2.05, 4.69) is 21.6 Å². The fourth-order valence-corrected chi connectivity index (χ4v) is 2.70. The number of carbonyl (C=O) groups is 2. The van der Waals surface area contributed by atoms with Gasteiger partial charge in [0.2, 0.25) is 5.91 Å². The molecule has 2 amide bonds. The molecule has 24 heavy (non-hydrogen) atoms. The lowest BCUT2D eigenvalue weighted by Gasteiger charge is -2.39. The average molecular weight is 332 g/mol. The second-order valence-electron chi connectivity index (χ2n) is 6.62. The number of carbonyl (C=O) groups excluding carboxylic acids is 2. The van der Waals surface area contributed by atoms with Crippen LogP contribution in [0.1, 0.15) is 32.1 Å². The number of amides is 2. The summed E-state index contributed by atoms with van der Waals surface area (Å²) in [7, 11) is 2.02. The third-order valence-electron chi connectivity index (χ3n) is 4.62. The zero-order valence-corrected chi connectivity index (χ0v) is 13.9. The molecule has 130 valence electrons. The summed E-state index contributed by atoms with van der Waals surface area (Å²) in [6.07, 6.45) is 4.80. The molecule has 1 aliphatic heterocycles. The molecule has 2 aliphatic rings. The summed E-state index contributed by atoms with van der Waals surface area (Å²) in [5, 5.41) is 22.6. The number of amidine groups is 1. The Bertz CT molecular complexity index is 594. The molecule has 0 radical (unpaired) electrons. The van der Waals surface area contributed by atoms with Gasteiger partial charge in [0.15, 0.2) is 0 Å². The first-order valence-electron chi connectivity index (χ1n) is 8.10. The summed E-state index contributed by atoms with van der Waals surface area (Å²) in [6, 6.07) is 2.18. The number of nitriles is 1. The first-order valence-corrected chi connectivity index (χ1v) is 8.10. The topological polar surface area (TPSA) is 135 Å². The molecule has 0 aromatic heterocycles. The third kappa shape index (κ3) is 4.55. The predicted molar refractivity (Wildman–Crippen MR) is 88.7 cm³/mol. The number of nitrogens with two attached hydrogens (primary N) is 1. The molecular formula is C16H24N6O2. The van der Waals surface area contributed by atoms with Crippen LogP contribution in [0.2, 0.25) is 0 Å². The molecule has 0 atom stereocenters. The van der Waals surface area contributed by atoms with Gasteiger partial charge in [0, 0.05) is 25.2 Å². The maximum Gasteiger partial charge on any atom is 0.253 e. The van der Waals surface area contributed by atoms with Crippen molar-refractivity contribution < 1.29 is 9.59 Å². The van der Waals surface area contributed by atoms with E-state index < -0.39 is 11.4 Å². The van der Waals surface area contributed by atoms with Crippen LogP contribution in [0, 0.1) is 22.7 Å². The SMILES string of the molecule is CN1CCC(CC#N)(N/C=C(\C(=N)NC(=O)C2CC2)C(N)=O)CC1. The lowest BCUT2D eigenvalue weighted by Crippen LogP contribution is -2.51. The van der Waals surface area contributed by atoms with Gasteiger partial charge in [-0.05, 0) is 32.7 Å². The van der Waals surface area contributed by atoms with E-state index in [4.69, 9.17) is 16.4 Å². The van der Waals surface area contributed by atoms with E-state index in [1.54, 1.807) is 0 Å². The van der Waals surface area contributed by atoms with E-state index in [1.807, 2.05) is 7.05 Å². The van der Waals surface area contributed by atoms with Gasteiger partial charge in [0.25, 0.3) is 5.91 Å². The Balaban J connectivity index is 2.08. The fraction of sp³-hybridized carbons (Fsp3) is 0.625. The highest BCUT2D eigenvalue weighted by Crippen LogP contribution is 2.29. The predicted octanol–water partition coefficient (Wildman–Crippen LogP) is -0.173. The number of hydrogen-bond donors (Lipinski definition) is 4. The zero-order valence-electron chi connectivity index (χ0n) is 13.9. The zero-order chi connectivity index (χ0) is 17.7. The summed E-state index contributed by atoms with van der Waals surface area (Å²) in [5.74, 6) is -1.40. The Hall–Kier alpha value is -2.40. The van der Waals surface area contributed by atoms with Crippen molar-refractivity contribution in [3.05, 3.63) is 11.8 Å². The van der Waals surface area contributed by atoms with Gasteiger partial charge in [-0.1, -0.05) is 0 Å². The summed E-state index contributed by atoms with van der Waals surface area (Å²) in [5.41, 5.74) is 4.82. The van der Waals surface area contributed by atoms with Crippen LogP contribution in [-0.4, -0.2) is 48.2 Å². The Morgan fingerprint density at radius 2 is 2.04 bits per heavy atom. The van der Waals surface area contributed by atoms with Gasteiger partial charge in [0.1, 0.15) is 5.84 Å². The van der Waals surface area contributed by atoms with E-state index in [-0.39, 0.29) is 23.2 Å². The third-order valence-corrected chi connectivity index (χ3v) is 4.62. The van der Waals surface area contributed by atoms with Gasteiger partial charge in [-0.3, -0.25) is 15.0 Å². The number of nitrogens with zero attached hydrogens (tertiary/aromatic N) is 2. The van der Waals surface area contributed by atoms with Crippen LogP contribution in [-0.2, 0) is 9.59 Å². The number of nitrogens with one attached hydrogen (secondary N) is 3. The van der Waals surface area contributed by atoms with Crippen LogP contribution in [0.15, 0.2) is 11.8 Å². The Labute approximate surface area is 141 Å². The monoisotopic (exact) mass is 332 g/mol. The van der Waals surface area contributed by atoms with Crippen molar-refractivity contribution in [2.75, 3.05) is 20.1 Å². The van der Waals surface area contributed by atoms with E-state index >= 15 is 0 Å². The smallest absolute Gasteiger partial charge is 0.253 e. The first kappa shape index (κ1) is 17.9. The average Bonchev–Trinajstić information content (AvgIpc) is 3.35. The van der Waals surface area contributed by atoms with Gasteiger partial charge in [0.05, 0.1) is 23.6 Å². The summed E-state index contributed by atoms with van der Waals surface area (Å²) in [6.45, 7) is 1.68. The highest BCUT2D eigenvalue weighted by Gasteiger charge is 2.34. The molecule has 1 heterocycles. The molecule has 1 saturated carbocycles. The van der Waals surface area contributed by atoms with Gasteiger partial charge in [-0.25, -0.2) is 0 Å². The molecule has 0 unspecified atom stereocenters. The number of primary amides is 1. The molecule has 0 aromatic carbocycles. The Kier molecular flexibility index (Phi) is 5.57. The maximum atomic E-state index is 11.8. The van der Waals surface area contributed by atoms with Crippen molar-refractivity contribution in [1.82, 2.24) is 15.5 Å². The maximum absolute atomic E-state index is 11.8. The van der Waals surface area contributed by atoms with Crippen molar-refractivity contribution in [1.29, 1.82) is 10.7 Å². The molecule has 8 heteroatoms. The van der Waals surface area contributed by atoms with Gasteiger partial charge in [-0.2, -0.15) is 5.26 Å². The Morgan fingerprint density at radius 1 is 1.42 bits per heavy atom. The highest BCUT2D eigenvalue weighted by atomic mass is 16.2. The van der Waals surface area contributed by atoms with Crippen molar-refractivity contribution in [3.8, 4) is 6.07 Å². The Morgan fingerprint density at radius 3 is 2.54 bits per heavy atom. The minimum absolute atomic E-state index is 0.0637. The molecule has 8 nitrogen and oxygen atoms in total. The van der Waals surface area contributed by atoms with E-state index in [0.29, 0.717) is 6.42 Å². The number of piperidine rings is 1. The van der Waals surface area contributed by atoms with Gasteiger partial charge in [-0.15, -0.1) is 0 Å². The molecule has 2 rings (SSSR count). The molecule has 1 aliphatic carbocycles. The number of hydrogen-bond acceptors (Lipinski definition) is 6. The van der Waals surface area contributed by atoms with Crippen LogP contribution in [0.3, 0.4) is 0 Å². The summed E-state index contributed by atoms with van der Waals surface area (Å²) < 4.78 is 0.